The van der Waals surface area contributed by atoms with Gasteiger partial charge in [-0.3, -0.25) is 4.55 Å². The van der Waals surface area contributed by atoms with Crippen LogP contribution in [0.2, 0.25) is 0 Å². The standard InChI is InChI=1S/C4H11NO4S/c1-3-9-4-5(2)10(6,7)8/h3-4H2,1-2H3,(H,6,7,8). The number of rotatable bonds is 4. The average molecular weight is 169 g/mol. The molecule has 0 radical (unpaired) electrons. The van der Waals surface area contributed by atoms with Gasteiger partial charge < -0.3 is 4.74 Å². The predicted octanol–water partition coefficient (Wildman–Crippen LogP) is -0.285. The van der Waals surface area contributed by atoms with Crippen molar-refractivity contribution in [1.82, 2.24) is 4.31 Å². The van der Waals surface area contributed by atoms with Crippen LogP contribution in [0.15, 0.2) is 0 Å². The van der Waals surface area contributed by atoms with Crippen molar-refractivity contribution in [2.75, 3.05) is 20.4 Å². The van der Waals surface area contributed by atoms with E-state index in [1.165, 1.54) is 7.05 Å². The van der Waals surface area contributed by atoms with Gasteiger partial charge in [-0.2, -0.15) is 12.7 Å². The molecule has 0 unspecified atom stereocenters. The third-order valence-electron chi connectivity index (χ3n) is 0.871. The minimum atomic E-state index is -4.07. The van der Waals surface area contributed by atoms with Crippen LogP contribution in [0.5, 0.6) is 0 Å². The third-order valence-corrected chi connectivity index (χ3v) is 1.76. The van der Waals surface area contributed by atoms with Crippen molar-refractivity contribution in [1.29, 1.82) is 0 Å². The first-order valence-electron chi connectivity index (χ1n) is 2.75. The van der Waals surface area contributed by atoms with Gasteiger partial charge in [0.2, 0.25) is 0 Å². The van der Waals surface area contributed by atoms with E-state index >= 15 is 0 Å². The monoisotopic (exact) mass is 169 g/mol. The molecule has 5 nitrogen and oxygen atoms in total. The van der Waals surface area contributed by atoms with Gasteiger partial charge >= 0.3 is 10.3 Å². The maximum Gasteiger partial charge on any atom is 0.337 e. The van der Waals surface area contributed by atoms with Crippen molar-refractivity contribution in [3.05, 3.63) is 0 Å². The largest absolute Gasteiger partial charge is 0.365 e. The number of ether oxygens (including phenoxy) is 1. The van der Waals surface area contributed by atoms with E-state index < -0.39 is 10.3 Å². The molecule has 0 saturated heterocycles. The number of hydrogen-bond donors (Lipinski definition) is 1. The highest BCUT2D eigenvalue weighted by atomic mass is 32.2. The second kappa shape index (κ2) is 3.87. The Morgan fingerprint density at radius 2 is 2.10 bits per heavy atom. The highest BCUT2D eigenvalue weighted by molar-refractivity contribution is 7.83. The van der Waals surface area contributed by atoms with E-state index in [2.05, 4.69) is 0 Å². The number of hydrogen-bond acceptors (Lipinski definition) is 3. The van der Waals surface area contributed by atoms with Crippen molar-refractivity contribution in [3.8, 4) is 0 Å². The highest BCUT2D eigenvalue weighted by Crippen LogP contribution is 1.91. The lowest BCUT2D eigenvalue weighted by Crippen LogP contribution is -2.28. The van der Waals surface area contributed by atoms with Crippen molar-refractivity contribution in [3.63, 3.8) is 0 Å². The summed E-state index contributed by atoms with van der Waals surface area (Å²) in [6.45, 7) is 2.03. The fraction of sp³-hybridized carbons (Fsp3) is 1.00. The fourth-order valence-corrected chi connectivity index (χ4v) is 0.494. The van der Waals surface area contributed by atoms with Crippen molar-refractivity contribution in [2.45, 2.75) is 6.92 Å². The molecule has 0 aromatic heterocycles. The Kier molecular flexibility index (Phi) is 3.80. The lowest BCUT2D eigenvalue weighted by molar-refractivity contribution is 0.0869. The summed E-state index contributed by atoms with van der Waals surface area (Å²) in [6.07, 6.45) is 0. The molecule has 0 saturated carbocycles. The van der Waals surface area contributed by atoms with Crippen LogP contribution < -0.4 is 0 Å². The van der Waals surface area contributed by atoms with Crippen LogP contribution in [0.25, 0.3) is 0 Å². The van der Waals surface area contributed by atoms with Crippen LogP contribution in [0, 0.1) is 0 Å². The zero-order chi connectivity index (χ0) is 8.20. The molecular formula is C4H11NO4S. The second-order valence-corrected chi connectivity index (χ2v) is 3.22. The lowest BCUT2D eigenvalue weighted by atomic mass is 10.9. The van der Waals surface area contributed by atoms with Gasteiger partial charge in [0.25, 0.3) is 0 Å². The molecule has 62 valence electrons. The van der Waals surface area contributed by atoms with Gasteiger partial charge in [0, 0.05) is 13.7 Å². The molecule has 0 spiro atoms. The molecule has 6 heteroatoms. The SMILES string of the molecule is CCOCN(C)S(=O)(=O)O. The van der Waals surface area contributed by atoms with Crippen LogP contribution in [-0.4, -0.2) is 37.7 Å². The Bertz CT molecular complexity index is 176. The maximum atomic E-state index is 10.2. The van der Waals surface area contributed by atoms with Crippen LogP contribution in [-0.2, 0) is 15.0 Å². The Balaban J connectivity index is 3.75. The quantitative estimate of drug-likeness (QED) is 0.464. The van der Waals surface area contributed by atoms with E-state index in [9.17, 15) is 8.42 Å². The Morgan fingerprint density at radius 3 is 2.40 bits per heavy atom. The molecule has 0 rings (SSSR count). The van der Waals surface area contributed by atoms with Gasteiger partial charge in [0.15, 0.2) is 0 Å². The van der Waals surface area contributed by atoms with Gasteiger partial charge in [0.1, 0.15) is 6.73 Å². The Hall–Kier alpha value is -0.170. The maximum absolute atomic E-state index is 10.2. The van der Waals surface area contributed by atoms with Gasteiger partial charge in [-0.1, -0.05) is 0 Å². The molecule has 0 amide bonds. The molecule has 0 aliphatic rings. The van der Waals surface area contributed by atoms with E-state index in [0.717, 1.165) is 0 Å². The van der Waals surface area contributed by atoms with E-state index in [-0.39, 0.29) is 6.73 Å². The van der Waals surface area contributed by atoms with E-state index in [4.69, 9.17) is 9.29 Å². The summed E-state index contributed by atoms with van der Waals surface area (Å²) in [7, 11) is -2.84. The molecule has 10 heavy (non-hydrogen) atoms. The van der Waals surface area contributed by atoms with Crippen LogP contribution in [0.1, 0.15) is 6.92 Å². The number of nitrogens with zero attached hydrogens (tertiary/aromatic N) is 1. The van der Waals surface area contributed by atoms with Crippen LogP contribution in [0.3, 0.4) is 0 Å². The van der Waals surface area contributed by atoms with Crippen LogP contribution >= 0.6 is 0 Å². The van der Waals surface area contributed by atoms with Gasteiger partial charge in [-0.15, -0.1) is 0 Å². The topological polar surface area (TPSA) is 66.8 Å². The third kappa shape index (κ3) is 3.78. The van der Waals surface area contributed by atoms with Crippen molar-refractivity contribution < 1.29 is 17.7 Å². The minimum Gasteiger partial charge on any atom is -0.365 e. The normalized spacial score (nSPS) is 12.4. The molecule has 1 N–H and O–H groups in total. The lowest BCUT2D eigenvalue weighted by Gasteiger charge is -2.10. The molecule has 0 fully saturated rings. The zero-order valence-corrected chi connectivity index (χ0v) is 6.76. The molecule has 0 atom stereocenters. The summed E-state index contributed by atoms with van der Waals surface area (Å²) >= 11 is 0. The Morgan fingerprint density at radius 1 is 1.60 bits per heavy atom. The smallest absolute Gasteiger partial charge is 0.337 e. The van der Waals surface area contributed by atoms with E-state index in [0.29, 0.717) is 10.9 Å². The van der Waals surface area contributed by atoms with E-state index in [1.54, 1.807) is 6.92 Å². The minimum absolute atomic E-state index is 0.116. The summed E-state index contributed by atoms with van der Waals surface area (Å²) in [5.41, 5.74) is 0. The molecule has 0 aliphatic carbocycles. The van der Waals surface area contributed by atoms with Crippen LogP contribution in [0.4, 0.5) is 0 Å². The summed E-state index contributed by atoms with van der Waals surface area (Å²) in [5.74, 6) is 0. The first kappa shape index (κ1) is 9.83. The van der Waals surface area contributed by atoms with Gasteiger partial charge in [-0.25, -0.2) is 0 Å². The Labute approximate surface area is 60.5 Å². The highest BCUT2D eigenvalue weighted by Gasteiger charge is 2.11. The molecular weight excluding hydrogens is 158 g/mol. The van der Waals surface area contributed by atoms with Crippen molar-refractivity contribution >= 4 is 10.3 Å². The summed E-state index contributed by atoms with van der Waals surface area (Å²) in [4.78, 5) is 0. The summed E-state index contributed by atoms with van der Waals surface area (Å²) in [6, 6.07) is 0. The van der Waals surface area contributed by atoms with Gasteiger partial charge in [0.05, 0.1) is 0 Å². The van der Waals surface area contributed by atoms with E-state index in [1.807, 2.05) is 0 Å². The van der Waals surface area contributed by atoms with Crippen molar-refractivity contribution in [2.24, 2.45) is 0 Å². The molecule has 0 aromatic carbocycles. The summed E-state index contributed by atoms with van der Waals surface area (Å²) in [5, 5.41) is 0. The molecule has 0 heterocycles. The molecule has 0 bridgehead atoms. The summed E-state index contributed by atoms with van der Waals surface area (Å²) < 4.78 is 34.2. The second-order valence-electron chi connectivity index (χ2n) is 1.70. The first-order valence-corrected chi connectivity index (χ1v) is 4.14. The zero-order valence-electron chi connectivity index (χ0n) is 5.94. The predicted molar refractivity (Wildman–Crippen MR) is 35.8 cm³/mol. The first-order chi connectivity index (χ1) is 4.48. The fourth-order valence-electron chi connectivity index (χ4n) is 0.286. The average Bonchev–Trinajstić information content (AvgIpc) is 1.80. The molecule has 0 aromatic rings. The molecule has 0 aliphatic heterocycles. The van der Waals surface area contributed by atoms with Gasteiger partial charge in [-0.05, 0) is 6.92 Å².